The smallest absolute Gasteiger partial charge is 0.419 e. The fraction of sp³-hybridized carbons (Fsp3) is 0.250. The number of halogens is 5. The molecule has 1 rings (SSSR count). The lowest BCUT2D eigenvalue weighted by Crippen LogP contribution is -2.18. The molecule has 0 aliphatic rings. The van der Waals surface area contributed by atoms with Crippen LogP contribution in [0.5, 0.6) is 0 Å². The topological polar surface area (TPSA) is 76.2 Å². The number of hydrogen-bond donors (Lipinski definition) is 2. The Morgan fingerprint density at radius 1 is 1.41 bits per heavy atom. The zero-order chi connectivity index (χ0) is 13.4. The van der Waals surface area contributed by atoms with Crippen molar-refractivity contribution >= 4 is 11.7 Å². The van der Waals surface area contributed by atoms with Crippen LogP contribution in [0.1, 0.15) is 28.0 Å². The van der Waals surface area contributed by atoms with Gasteiger partial charge in [0.05, 0.1) is 16.8 Å². The summed E-state index contributed by atoms with van der Waals surface area (Å²) in [4.78, 5) is 13.4. The molecule has 1 aromatic rings. The van der Waals surface area contributed by atoms with Crippen LogP contribution < -0.4 is 5.73 Å². The number of alkyl halides is 5. The number of carboxylic acids is 1. The van der Waals surface area contributed by atoms with E-state index in [9.17, 15) is 26.7 Å². The lowest BCUT2D eigenvalue weighted by molar-refractivity contribution is -0.137. The second kappa shape index (κ2) is 4.15. The van der Waals surface area contributed by atoms with Crippen LogP contribution in [0.25, 0.3) is 0 Å². The predicted octanol–water partition coefficient (Wildman–Crippen LogP) is 2.32. The summed E-state index contributed by atoms with van der Waals surface area (Å²) in [5.41, 5.74) is -0.849. The molecule has 3 N–H and O–H groups in total. The summed E-state index contributed by atoms with van der Waals surface area (Å²) in [5.74, 6) is -1.95. The number of hydrogen-bond acceptors (Lipinski definition) is 3. The van der Waals surface area contributed by atoms with Crippen molar-refractivity contribution in [3.8, 4) is 0 Å². The van der Waals surface area contributed by atoms with E-state index in [1.165, 1.54) is 0 Å². The molecular formula is C8H5F5N2O2. The molecule has 0 unspecified atom stereocenters. The van der Waals surface area contributed by atoms with Gasteiger partial charge >= 0.3 is 12.1 Å². The van der Waals surface area contributed by atoms with Gasteiger partial charge in [-0.25, -0.2) is 13.6 Å². The van der Waals surface area contributed by atoms with Crippen molar-refractivity contribution in [2.45, 2.75) is 12.6 Å². The minimum absolute atomic E-state index is 0.211. The Kier molecular flexibility index (Phi) is 3.21. The summed E-state index contributed by atoms with van der Waals surface area (Å²) < 4.78 is 62.0. The first-order valence-corrected chi connectivity index (χ1v) is 4.03. The Hall–Kier alpha value is -1.93. The average molecular weight is 256 g/mol. The second-order valence-electron chi connectivity index (χ2n) is 2.95. The third-order valence-corrected chi connectivity index (χ3v) is 1.87. The monoisotopic (exact) mass is 256 g/mol. The Morgan fingerprint density at radius 3 is 2.29 bits per heavy atom. The van der Waals surface area contributed by atoms with Gasteiger partial charge in [0.2, 0.25) is 0 Å². The van der Waals surface area contributed by atoms with E-state index < -0.39 is 41.1 Å². The molecule has 0 atom stereocenters. The van der Waals surface area contributed by atoms with Crippen LogP contribution >= 0.6 is 0 Å². The third-order valence-electron chi connectivity index (χ3n) is 1.87. The first kappa shape index (κ1) is 13.1. The summed E-state index contributed by atoms with van der Waals surface area (Å²) >= 11 is 0. The van der Waals surface area contributed by atoms with Crippen LogP contribution in [0, 0.1) is 0 Å². The molecule has 4 nitrogen and oxygen atoms in total. The molecular weight excluding hydrogens is 251 g/mol. The minimum Gasteiger partial charge on any atom is -0.478 e. The van der Waals surface area contributed by atoms with Gasteiger partial charge in [-0.3, -0.25) is 4.98 Å². The maximum atomic E-state index is 12.5. The average Bonchev–Trinajstić information content (AvgIpc) is 2.14. The van der Waals surface area contributed by atoms with Gasteiger partial charge in [0.15, 0.2) is 0 Å². The molecule has 0 saturated carbocycles. The maximum Gasteiger partial charge on any atom is 0.419 e. The molecule has 17 heavy (non-hydrogen) atoms. The largest absolute Gasteiger partial charge is 0.478 e. The zero-order valence-electron chi connectivity index (χ0n) is 7.92. The van der Waals surface area contributed by atoms with Crippen molar-refractivity contribution in [1.82, 2.24) is 4.98 Å². The quantitative estimate of drug-likeness (QED) is 0.796. The molecule has 0 aliphatic heterocycles. The van der Waals surface area contributed by atoms with E-state index in [-0.39, 0.29) is 6.20 Å². The highest BCUT2D eigenvalue weighted by molar-refractivity contribution is 5.91. The number of aromatic carboxylic acids is 1. The third kappa shape index (κ3) is 2.43. The van der Waals surface area contributed by atoms with Crippen LogP contribution in [0.4, 0.5) is 27.6 Å². The molecule has 1 heterocycles. The molecule has 0 saturated heterocycles. The van der Waals surface area contributed by atoms with Crippen molar-refractivity contribution in [2.24, 2.45) is 0 Å². The van der Waals surface area contributed by atoms with Crippen LogP contribution in [-0.2, 0) is 6.18 Å². The van der Waals surface area contributed by atoms with Crippen LogP contribution in [0.15, 0.2) is 6.20 Å². The van der Waals surface area contributed by atoms with Gasteiger partial charge in [0.25, 0.3) is 6.43 Å². The highest BCUT2D eigenvalue weighted by Gasteiger charge is 2.40. The molecule has 0 aromatic carbocycles. The Morgan fingerprint density at radius 2 is 1.94 bits per heavy atom. The first-order valence-electron chi connectivity index (χ1n) is 4.03. The Bertz CT molecular complexity index is 458. The molecule has 0 fully saturated rings. The van der Waals surface area contributed by atoms with Crippen LogP contribution in [0.2, 0.25) is 0 Å². The SMILES string of the molecule is Nc1c(C(F)F)ncc(C(=O)O)c1C(F)(F)F. The second-order valence-corrected chi connectivity index (χ2v) is 2.95. The first-order chi connectivity index (χ1) is 7.66. The number of rotatable bonds is 2. The maximum absolute atomic E-state index is 12.5. The van der Waals surface area contributed by atoms with Crippen molar-refractivity contribution in [2.75, 3.05) is 5.73 Å². The van der Waals surface area contributed by atoms with Gasteiger partial charge in [0.1, 0.15) is 5.69 Å². The van der Waals surface area contributed by atoms with E-state index in [1.54, 1.807) is 0 Å². The van der Waals surface area contributed by atoms with E-state index in [1.807, 2.05) is 0 Å². The van der Waals surface area contributed by atoms with Gasteiger partial charge in [-0.1, -0.05) is 0 Å². The van der Waals surface area contributed by atoms with Gasteiger partial charge in [-0.05, 0) is 0 Å². The zero-order valence-corrected chi connectivity index (χ0v) is 7.92. The number of nitrogens with two attached hydrogens (primary N) is 1. The number of nitrogens with zero attached hydrogens (tertiary/aromatic N) is 1. The molecule has 0 radical (unpaired) electrons. The van der Waals surface area contributed by atoms with E-state index in [0.29, 0.717) is 0 Å². The lowest BCUT2D eigenvalue weighted by atomic mass is 10.1. The van der Waals surface area contributed by atoms with Crippen molar-refractivity contribution in [1.29, 1.82) is 0 Å². The number of aromatic nitrogens is 1. The van der Waals surface area contributed by atoms with Gasteiger partial charge < -0.3 is 10.8 Å². The number of nitrogen functional groups attached to an aromatic ring is 1. The van der Waals surface area contributed by atoms with E-state index in [4.69, 9.17) is 10.8 Å². The summed E-state index contributed by atoms with van der Waals surface area (Å²) in [6, 6.07) is 0. The number of carboxylic acid groups (broad SMARTS) is 1. The summed E-state index contributed by atoms with van der Waals surface area (Å²) in [6.07, 6.45) is -8.26. The molecule has 1 aromatic heterocycles. The number of carbonyl (C=O) groups is 1. The Balaban J connectivity index is 3.60. The summed E-state index contributed by atoms with van der Waals surface area (Å²) in [5, 5.41) is 8.50. The fourth-order valence-electron chi connectivity index (χ4n) is 1.18. The van der Waals surface area contributed by atoms with Crippen LogP contribution in [-0.4, -0.2) is 16.1 Å². The van der Waals surface area contributed by atoms with Gasteiger partial charge in [0, 0.05) is 6.20 Å². The highest BCUT2D eigenvalue weighted by atomic mass is 19.4. The van der Waals surface area contributed by atoms with Crippen molar-refractivity contribution in [3.05, 3.63) is 23.0 Å². The number of anilines is 1. The summed E-state index contributed by atoms with van der Waals surface area (Å²) in [7, 11) is 0. The van der Waals surface area contributed by atoms with E-state index in [2.05, 4.69) is 4.98 Å². The molecule has 94 valence electrons. The van der Waals surface area contributed by atoms with E-state index in [0.717, 1.165) is 0 Å². The van der Waals surface area contributed by atoms with Gasteiger partial charge in [-0.2, -0.15) is 13.2 Å². The molecule has 0 spiro atoms. The summed E-state index contributed by atoms with van der Waals surface area (Å²) in [6.45, 7) is 0. The highest BCUT2D eigenvalue weighted by Crippen LogP contribution is 2.39. The molecule has 0 aliphatic carbocycles. The van der Waals surface area contributed by atoms with Crippen molar-refractivity contribution in [3.63, 3.8) is 0 Å². The van der Waals surface area contributed by atoms with E-state index >= 15 is 0 Å². The fourth-order valence-corrected chi connectivity index (χ4v) is 1.18. The Labute approximate surface area is 90.9 Å². The normalized spacial score (nSPS) is 11.9. The van der Waals surface area contributed by atoms with Crippen LogP contribution in [0.3, 0.4) is 0 Å². The predicted molar refractivity (Wildman–Crippen MR) is 45.6 cm³/mol. The standard InChI is InChI=1S/C8H5F5N2O2/c9-6(10)5-4(14)3(8(11,12)13)2(1-15-5)7(16)17/h1,6H,14H2,(H,16,17). The lowest BCUT2D eigenvalue weighted by Gasteiger charge is -2.14. The number of pyridine rings is 1. The van der Waals surface area contributed by atoms with Crippen molar-refractivity contribution < 1.29 is 31.9 Å². The van der Waals surface area contributed by atoms with Gasteiger partial charge in [-0.15, -0.1) is 0 Å². The molecule has 9 heteroatoms. The molecule has 0 bridgehead atoms. The minimum atomic E-state index is -5.15. The molecule has 0 amide bonds.